The summed E-state index contributed by atoms with van der Waals surface area (Å²) >= 11 is 0. The standard InChI is InChI=1S/C29H31N9O2/c1-5-6-12-25-23(29(39)38(19(2)3)28(34-25)27-30-16-21(40-4)17-31-27)15-20-10-9-13-24(33-20)22-11-7-8-14-26(22)37-18-32-35-36-37/h7-11,13-14,16-19H,5-6,12,15H2,1-4H3. The number of nitrogens with zero attached hydrogens (tertiary/aromatic N) is 9. The smallest absolute Gasteiger partial charge is 0.257 e. The molecule has 5 rings (SSSR count). The molecule has 0 atom stereocenters. The second kappa shape index (κ2) is 11.9. The lowest BCUT2D eigenvalue weighted by Gasteiger charge is -2.19. The number of aryl methyl sites for hydroxylation is 1. The van der Waals surface area contributed by atoms with Crippen LogP contribution in [0, 0.1) is 0 Å². The van der Waals surface area contributed by atoms with Gasteiger partial charge in [0.15, 0.2) is 17.4 Å². The molecule has 5 aromatic rings. The average Bonchev–Trinajstić information content (AvgIpc) is 3.52. The highest BCUT2D eigenvalue weighted by Crippen LogP contribution is 2.26. The molecular weight excluding hydrogens is 506 g/mol. The molecule has 0 radical (unpaired) electrons. The van der Waals surface area contributed by atoms with Crippen LogP contribution in [0.1, 0.15) is 56.6 Å². The van der Waals surface area contributed by atoms with Crippen molar-refractivity contribution in [3.05, 3.63) is 88.5 Å². The third kappa shape index (κ3) is 5.49. The molecule has 0 N–H and O–H groups in total. The van der Waals surface area contributed by atoms with Crippen LogP contribution < -0.4 is 10.3 Å². The second-order valence-electron chi connectivity index (χ2n) is 9.64. The van der Waals surface area contributed by atoms with Crippen LogP contribution >= 0.6 is 0 Å². The van der Waals surface area contributed by atoms with Gasteiger partial charge in [-0.25, -0.2) is 15.0 Å². The molecule has 11 heteroatoms. The van der Waals surface area contributed by atoms with E-state index in [-0.39, 0.29) is 11.6 Å². The Hall–Kier alpha value is -4.80. The first-order valence-corrected chi connectivity index (χ1v) is 13.3. The first-order valence-electron chi connectivity index (χ1n) is 13.3. The largest absolute Gasteiger partial charge is 0.494 e. The lowest BCUT2D eigenvalue weighted by atomic mass is 10.0. The third-order valence-corrected chi connectivity index (χ3v) is 6.58. The van der Waals surface area contributed by atoms with E-state index in [9.17, 15) is 4.79 Å². The van der Waals surface area contributed by atoms with E-state index in [0.717, 1.165) is 41.2 Å². The molecule has 0 aliphatic heterocycles. The summed E-state index contributed by atoms with van der Waals surface area (Å²) < 4.78 is 8.49. The van der Waals surface area contributed by atoms with Gasteiger partial charge in [-0.05, 0) is 55.3 Å². The van der Waals surface area contributed by atoms with Crippen LogP contribution in [0.3, 0.4) is 0 Å². The Kier molecular flexibility index (Phi) is 7.99. The van der Waals surface area contributed by atoms with Crippen LogP contribution in [0.15, 0.2) is 66.0 Å². The van der Waals surface area contributed by atoms with E-state index in [1.807, 2.05) is 56.3 Å². The first kappa shape index (κ1) is 26.8. The van der Waals surface area contributed by atoms with Crippen molar-refractivity contribution in [3.8, 4) is 34.3 Å². The van der Waals surface area contributed by atoms with Crippen LogP contribution in [0.2, 0.25) is 0 Å². The van der Waals surface area contributed by atoms with Crippen molar-refractivity contribution < 1.29 is 4.74 Å². The summed E-state index contributed by atoms with van der Waals surface area (Å²) in [4.78, 5) is 32.9. The Morgan fingerprint density at radius 3 is 2.50 bits per heavy atom. The maximum Gasteiger partial charge on any atom is 0.257 e. The lowest BCUT2D eigenvalue weighted by Crippen LogP contribution is -2.31. The number of hydrogen-bond acceptors (Lipinski definition) is 9. The van der Waals surface area contributed by atoms with Gasteiger partial charge in [0, 0.05) is 29.3 Å². The number of methoxy groups -OCH3 is 1. The maximum absolute atomic E-state index is 14.1. The maximum atomic E-state index is 14.1. The van der Waals surface area contributed by atoms with Crippen LogP contribution in [0.25, 0.3) is 28.6 Å². The summed E-state index contributed by atoms with van der Waals surface area (Å²) in [6, 6.07) is 13.5. The molecule has 0 saturated carbocycles. The minimum Gasteiger partial charge on any atom is -0.494 e. The van der Waals surface area contributed by atoms with Gasteiger partial charge in [-0.1, -0.05) is 37.6 Å². The Bertz CT molecular complexity index is 1650. The second-order valence-corrected chi connectivity index (χ2v) is 9.64. The summed E-state index contributed by atoms with van der Waals surface area (Å²) in [6.07, 6.45) is 7.62. The van der Waals surface area contributed by atoms with Gasteiger partial charge in [-0.15, -0.1) is 5.10 Å². The summed E-state index contributed by atoms with van der Waals surface area (Å²) in [5.41, 5.74) is 4.51. The van der Waals surface area contributed by atoms with Crippen LogP contribution in [-0.4, -0.2) is 51.8 Å². The van der Waals surface area contributed by atoms with E-state index in [0.29, 0.717) is 35.8 Å². The molecule has 0 bridgehead atoms. The van der Waals surface area contributed by atoms with Crippen molar-refractivity contribution in [2.75, 3.05) is 7.11 Å². The highest BCUT2D eigenvalue weighted by atomic mass is 16.5. The van der Waals surface area contributed by atoms with Gasteiger partial charge in [-0.2, -0.15) is 4.68 Å². The van der Waals surface area contributed by atoms with Gasteiger partial charge >= 0.3 is 0 Å². The molecule has 1 aromatic carbocycles. The van der Waals surface area contributed by atoms with E-state index >= 15 is 0 Å². The fourth-order valence-electron chi connectivity index (χ4n) is 4.59. The summed E-state index contributed by atoms with van der Waals surface area (Å²) in [5, 5.41) is 11.6. The number of aromatic nitrogens is 9. The van der Waals surface area contributed by atoms with Crippen molar-refractivity contribution in [2.45, 2.75) is 52.5 Å². The summed E-state index contributed by atoms with van der Waals surface area (Å²) in [7, 11) is 1.56. The van der Waals surface area contributed by atoms with E-state index < -0.39 is 0 Å². The predicted molar refractivity (Wildman–Crippen MR) is 150 cm³/mol. The zero-order valence-electron chi connectivity index (χ0n) is 23.0. The molecule has 40 heavy (non-hydrogen) atoms. The lowest BCUT2D eigenvalue weighted by molar-refractivity contribution is 0.410. The average molecular weight is 538 g/mol. The summed E-state index contributed by atoms with van der Waals surface area (Å²) in [5.74, 6) is 1.38. The number of rotatable bonds is 10. The molecule has 0 saturated heterocycles. The molecule has 11 nitrogen and oxygen atoms in total. The van der Waals surface area contributed by atoms with Crippen LogP contribution in [-0.2, 0) is 12.8 Å². The molecule has 0 fully saturated rings. The van der Waals surface area contributed by atoms with E-state index in [1.54, 1.807) is 35.1 Å². The predicted octanol–water partition coefficient (Wildman–Crippen LogP) is 4.26. The fraction of sp³-hybridized carbons (Fsp3) is 0.310. The van der Waals surface area contributed by atoms with E-state index in [4.69, 9.17) is 14.7 Å². The number of unbranched alkanes of at least 4 members (excludes halogenated alkanes) is 1. The zero-order valence-corrected chi connectivity index (χ0v) is 23.0. The molecule has 0 amide bonds. The van der Waals surface area contributed by atoms with Gasteiger partial charge in [0.1, 0.15) is 6.33 Å². The summed E-state index contributed by atoms with van der Waals surface area (Å²) in [6.45, 7) is 6.04. The Labute approximate surface area is 232 Å². The van der Waals surface area contributed by atoms with Gasteiger partial charge in [0.05, 0.1) is 36.6 Å². The van der Waals surface area contributed by atoms with Gasteiger partial charge in [0.2, 0.25) is 0 Å². The van der Waals surface area contributed by atoms with Gasteiger partial charge < -0.3 is 4.74 Å². The quantitative estimate of drug-likeness (QED) is 0.257. The molecule has 204 valence electrons. The van der Waals surface area contributed by atoms with Gasteiger partial charge in [-0.3, -0.25) is 14.3 Å². The van der Waals surface area contributed by atoms with Crippen molar-refractivity contribution in [1.29, 1.82) is 0 Å². The van der Waals surface area contributed by atoms with Crippen molar-refractivity contribution in [3.63, 3.8) is 0 Å². The monoisotopic (exact) mass is 537 g/mol. The molecule has 4 aromatic heterocycles. The Morgan fingerprint density at radius 2 is 1.80 bits per heavy atom. The van der Waals surface area contributed by atoms with E-state index in [2.05, 4.69) is 32.4 Å². The van der Waals surface area contributed by atoms with Crippen molar-refractivity contribution in [2.24, 2.45) is 0 Å². The highest BCUT2D eigenvalue weighted by Gasteiger charge is 2.22. The minimum absolute atomic E-state index is 0.105. The third-order valence-electron chi connectivity index (χ3n) is 6.58. The number of pyridine rings is 1. The minimum atomic E-state index is -0.151. The number of hydrogen-bond donors (Lipinski definition) is 0. The van der Waals surface area contributed by atoms with E-state index in [1.165, 1.54) is 0 Å². The molecule has 0 aliphatic rings. The Morgan fingerprint density at radius 1 is 1.00 bits per heavy atom. The molecule has 0 unspecified atom stereocenters. The highest BCUT2D eigenvalue weighted by molar-refractivity contribution is 5.69. The van der Waals surface area contributed by atoms with Crippen LogP contribution in [0.5, 0.6) is 5.75 Å². The first-order chi connectivity index (χ1) is 19.5. The molecule has 0 spiro atoms. The molecule has 4 heterocycles. The van der Waals surface area contributed by atoms with Crippen LogP contribution in [0.4, 0.5) is 0 Å². The normalized spacial score (nSPS) is 11.2. The fourth-order valence-corrected chi connectivity index (χ4v) is 4.59. The van der Waals surface area contributed by atoms with Crippen molar-refractivity contribution >= 4 is 0 Å². The Balaban J connectivity index is 1.59. The molecule has 0 aliphatic carbocycles. The zero-order chi connectivity index (χ0) is 28.1. The number of tetrazole rings is 1. The number of ether oxygens (including phenoxy) is 1. The van der Waals surface area contributed by atoms with Gasteiger partial charge in [0.25, 0.3) is 5.56 Å². The SMILES string of the molecule is CCCCc1nc(-c2ncc(OC)cn2)n(C(C)C)c(=O)c1Cc1cccc(-c2ccccc2-n2cnnn2)n1. The molecular formula is C29H31N9O2. The number of para-hydroxylation sites is 1. The number of benzene rings is 1. The topological polar surface area (TPSA) is 126 Å². The van der Waals surface area contributed by atoms with Crippen molar-refractivity contribution in [1.82, 2.24) is 44.7 Å².